The van der Waals surface area contributed by atoms with Crippen molar-refractivity contribution in [2.75, 3.05) is 14.2 Å². The summed E-state index contributed by atoms with van der Waals surface area (Å²) in [5.41, 5.74) is 2.27. The third kappa shape index (κ3) is 3.30. The molecule has 2 nitrogen and oxygen atoms in total. The fourth-order valence-electron chi connectivity index (χ4n) is 2.03. The molecule has 0 aliphatic heterocycles. The molecule has 0 saturated heterocycles. The van der Waals surface area contributed by atoms with E-state index >= 15 is 0 Å². The van der Waals surface area contributed by atoms with Gasteiger partial charge in [-0.1, -0.05) is 39.7 Å². The van der Waals surface area contributed by atoms with Crippen molar-refractivity contribution in [1.82, 2.24) is 5.32 Å². The van der Waals surface area contributed by atoms with Crippen molar-refractivity contribution >= 4 is 27.5 Å². The Bertz CT molecular complexity index is 557. The van der Waals surface area contributed by atoms with E-state index in [-0.39, 0.29) is 6.04 Å². The van der Waals surface area contributed by atoms with Gasteiger partial charge in [-0.05, 0) is 48.5 Å². The first-order valence-corrected chi connectivity index (χ1v) is 7.09. The average molecular weight is 341 g/mol. The Balaban J connectivity index is 2.40. The van der Waals surface area contributed by atoms with Gasteiger partial charge in [-0.2, -0.15) is 0 Å². The molecule has 0 heterocycles. The normalized spacial score (nSPS) is 12.2. The van der Waals surface area contributed by atoms with Gasteiger partial charge in [0.2, 0.25) is 0 Å². The highest BCUT2D eigenvalue weighted by molar-refractivity contribution is 9.10. The lowest BCUT2D eigenvalue weighted by Crippen LogP contribution is -2.18. The van der Waals surface area contributed by atoms with Gasteiger partial charge in [0.15, 0.2) is 0 Å². The average Bonchev–Trinajstić information content (AvgIpc) is 2.44. The third-order valence-corrected chi connectivity index (χ3v) is 3.96. The molecule has 100 valence electrons. The second-order valence-electron chi connectivity index (χ2n) is 4.16. The maximum atomic E-state index is 6.08. The molecule has 2 aromatic rings. The Hall–Kier alpha value is -1.03. The quantitative estimate of drug-likeness (QED) is 0.889. The highest BCUT2D eigenvalue weighted by Crippen LogP contribution is 2.31. The highest BCUT2D eigenvalue weighted by atomic mass is 79.9. The van der Waals surface area contributed by atoms with E-state index in [0.29, 0.717) is 0 Å². The number of benzene rings is 2. The molecular weight excluding hydrogens is 326 g/mol. The Morgan fingerprint density at radius 2 is 1.84 bits per heavy atom. The maximum Gasteiger partial charge on any atom is 0.118 e. The van der Waals surface area contributed by atoms with E-state index in [1.54, 1.807) is 7.11 Å². The Kier molecular flexibility index (Phi) is 4.86. The SMILES string of the molecule is CNC(c1ccc(OC)cc1)c1cc(Cl)ccc1Br. The van der Waals surface area contributed by atoms with Gasteiger partial charge in [0, 0.05) is 9.50 Å². The summed E-state index contributed by atoms with van der Waals surface area (Å²) in [6.07, 6.45) is 0. The zero-order valence-corrected chi connectivity index (χ0v) is 13.1. The molecule has 0 spiro atoms. The lowest BCUT2D eigenvalue weighted by atomic mass is 9.99. The van der Waals surface area contributed by atoms with Crippen LogP contribution in [0.25, 0.3) is 0 Å². The number of halogens is 2. The van der Waals surface area contributed by atoms with Crippen LogP contribution in [0.15, 0.2) is 46.9 Å². The van der Waals surface area contributed by atoms with Crippen LogP contribution in [0.5, 0.6) is 5.75 Å². The van der Waals surface area contributed by atoms with Gasteiger partial charge in [0.25, 0.3) is 0 Å². The van der Waals surface area contributed by atoms with Crippen LogP contribution in [0.2, 0.25) is 5.02 Å². The lowest BCUT2D eigenvalue weighted by molar-refractivity contribution is 0.414. The van der Waals surface area contributed by atoms with Crippen LogP contribution in [0.3, 0.4) is 0 Å². The molecule has 0 fully saturated rings. The van der Waals surface area contributed by atoms with Crippen molar-refractivity contribution in [2.24, 2.45) is 0 Å². The molecule has 2 aromatic carbocycles. The van der Waals surface area contributed by atoms with Crippen molar-refractivity contribution in [3.05, 3.63) is 63.1 Å². The van der Waals surface area contributed by atoms with Gasteiger partial charge in [-0.25, -0.2) is 0 Å². The second kappa shape index (κ2) is 6.42. The van der Waals surface area contributed by atoms with Crippen molar-refractivity contribution in [3.8, 4) is 5.75 Å². The second-order valence-corrected chi connectivity index (χ2v) is 5.45. The van der Waals surface area contributed by atoms with Crippen LogP contribution in [0, 0.1) is 0 Å². The molecule has 0 aliphatic rings. The molecule has 2 rings (SSSR count). The first-order valence-electron chi connectivity index (χ1n) is 5.92. The summed E-state index contributed by atoms with van der Waals surface area (Å²) in [7, 11) is 3.60. The molecule has 0 bridgehead atoms. The van der Waals surface area contributed by atoms with E-state index in [0.717, 1.165) is 26.4 Å². The summed E-state index contributed by atoms with van der Waals surface area (Å²) < 4.78 is 6.21. The molecule has 0 aliphatic carbocycles. The van der Waals surface area contributed by atoms with E-state index in [9.17, 15) is 0 Å². The molecule has 19 heavy (non-hydrogen) atoms. The van der Waals surface area contributed by atoms with Crippen molar-refractivity contribution < 1.29 is 4.74 Å². The van der Waals surface area contributed by atoms with E-state index in [4.69, 9.17) is 16.3 Å². The van der Waals surface area contributed by atoms with Crippen LogP contribution < -0.4 is 10.1 Å². The van der Waals surface area contributed by atoms with Crippen LogP contribution in [0.4, 0.5) is 0 Å². The monoisotopic (exact) mass is 339 g/mol. The summed E-state index contributed by atoms with van der Waals surface area (Å²) in [6, 6.07) is 13.9. The largest absolute Gasteiger partial charge is 0.497 e. The van der Waals surface area contributed by atoms with Crippen LogP contribution in [-0.2, 0) is 0 Å². The summed E-state index contributed by atoms with van der Waals surface area (Å²) in [5, 5.41) is 4.04. The number of methoxy groups -OCH3 is 1. The number of ether oxygens (including phenoxy) is 1. The summed E-state index contributed by atoms with van der Waals surface area (Å²) in [4.78, 5) is 0. The Labute approximate surface area is 126 Å². The maximum absolute atomic E-state index is 6.08. The van der Waals surface area contributed by atoms with Gasteiger partial charge < -0.3 is 10.1 Å². The number of nitrogens with one attached hydrogen (secondary N) is 1. The minimum atomic E-state index is 0.0824. The molecule has 1 N–H and O–H groups in total. The summed E-state index contributed by atoms with van der Waals surface area (Å²) in [5.74, 6) is 0.851. The Morgan fingerprint density at radius 1 is 1.16 bits per heavy atom. The third-order valence-electron chi connectivity index (χ3n) is 3.01. The fourth-order valence-corrected chi connectivity index (χ4v) is 2.69. The number of hydrogen-bond acceptors (Lipinski definition) is 2. The van der Waals surface area contributed by atoms with Crippen molar-refractivity contribution in [2.45, 2.75) is 6.04 Å². The van der Waals surface area contributed by atoms with Gasteiger partial charge in [0.1, 0.15) is 5.75 Å². The van der Waals surface area contributed by atoms with Crippen molar-refractivity contribution in [3.63, 3.8) is 0 Å². The lowest BCUT2D eigenvalue weighted by Gasteiger charge is -2.19. The zero-order valence-electron chi connectivity index (χ0n) is 10.8. The summed E-state index contributed by atoms with van der Waals surface area (Å²) >= 11 is 9.66. The van der Waals surface area contributed by atoms with Gasteiger partial charge in [0.05, 0.1) is 13.2 Å². The Morgan fingerprint density at radius 3 is 2.42 bits per heavy atom. The fraction of sp³-hybridized carbons (Fsp3) is 0.200. The first kappa shape index (κ1) is 14.4. The number of hydrogen-bond donors (Lipinski definition) is 1. The first-order chi connectivity index (χ1) is 9.15. The molecule has 1 atom stereocenters. The topological polar surface area (TPSA) is 21.3 Å². The minimum Gasteiger partial charge on any atom is -0.497 e. The molecule has 0 amide bonds. The van der Waals surface area contributed by atoms with Gasteiger partial charge in [-0.15, -0.1) is 0 Å². The molecule has 1 unspecified atom stereocenters. The van der Waals surface area contributed by atoms with E-state index in [2.05, 4.69) is 21.2 Å². The molecule has 4 heteroatoms. The van der Waals surface area contributed by atoms with E-state index in [1.165, 1.54) is 0 Å². The van der Waals surface area contributed by atoms with E-state index < -0.39 is 0 Å². The van der Waals surface area contributed by atoms with Crippen LogP contribution in [-0.4, -0.2) is 14.2 Å². The zero-order chi connectivity index (χ0) is 13.8. The smallest absolute Gasteiger partial charge is 0.118 e. The summed E-state index contributed by atoms with van der Waals surface area (Å²) in [6.45, 7) is 0. The van der Waals surface area contributed by atoms with Gasteiger partial charge in [-0.3, -0.25) is 0 Å². The highest BCUT2D eigenvalue weighted by Gasteiger charge is 2.15. The van der Waals surface area contributed by atoms with Crippen LogP contribution >= 0.6 is 27.5 Å². The number of rotatable bonds is 4. The van der Waals surface area contributed by atoms with Gasteiger partial charge >= 0.3 is 0 Å². The van der Waals surface area contributed by atoms with Crippen LogP contribution in [0.1, 0.15) is 17.2 Å². The standard InChI is InChI=1S/C15H15BrClNO/c1-18-15(10-3-6-12(19-2)7-4-10)13-9-11(17)5-8-14(13)16/h3-9,15,18H,1-2H3. The predicted molar refractivity (Wildman–Crippen MR) is 83.0 cm³/mol. The van der Waals surface area contributed by atoms with Crippen molar-refractivity contribution in [1.29, 1.82) is 0 Å². The van der Waals surface area contributed by atoms with E-state index in [1.807, 2.05) is 49.5 Å². The minimum absolute atomic E-state index is 0.0824. The molecule has 0 radical (unpaired) electrons. The predicted octanol–water partition coefficient (Wildman–Crippen LogP) is 4.42. The molecule has 0 saturated carbocycles. The molecular formula is C15H15BrClNO. The molecule has 0 aromatic heterocycles.